The van der Waals surface area contributed by atoms with Gasteiger partial charge in [0.05, 0.1) is 0 Å². The van der Waals surface area contributed by atoms with Crippen molar-refractivity contribution in [3.8, 4) is 0 Å². The van der Waals surface area contributed by atoms with Gasteiger partial charge >= 0.3 is 46.7 Å². The van der Waals surface area contributed by atoms with Crippen LogP contribution in [0, 0.1) is 0 Å². The topological polar surface area (TPSA) is 358 Å². The normalized spacial score (nSPS) is 32.2. The van der Waals surface area contributed by atoms with E-state index in [-0.39, 0.29) is 0 Å². The van der Waals surface area contributed by atoms with Crippen molar-refractivity contribution in [3.63, 3.8) is 0 Å². The Labute approximate surface area is 212 Å². The van der Waals surface area contributed by atoms with E-state index in [1.54, 1.807) is 0 Å². The fraction of sp³-hybridized carbons (Fsp3) is 1.00. The molecule has 0 aromatic heterocycles. The van der Waals surface area contributed by atoms with E-state index in [9.17, 15) is 71.4 Å². The van der Waals surface area contributed by atoms with Crippen molar-refractivity contribution < 1.29 is 108 Å². The molecule has 1 fully saturated rings. The molecule has 1 saturated carbocycles. The van der Waals surface area contributed by atoms with Crippen molar-refractivity contribution in [3.05, 3.63) is 0 Å². The van der Waals surface area contributed by atoms with Crippen molar-refractivity contribution in [2.75, 3.05) is 20.9 Å². The van der Waals surface area contributed by atoms with Gasteiger partial charge in [-0.1, -0.05) is 0 Å². The Kier molecular flexibility index (Phi) is 12.5. The summed E-state index contributed by atoms with van der Waals surface area (Å²) in [5, 5.41) is 0. The molecule has 0 radical (unpaired) electrons. The SMILES string of the molecule is COP(=O)(O)OC1C(OP(=O)(O)O)C(OP(C)(=O)O)C(OP(=O)(O)O)C(OP(=O)(O)OC)C1OP(=O)(O)O. The lowest BCUT2D eigenvalue weighted by molar-refractivity contribution is -0.200. The molecule has 228 valence electrons. The molecule has 1 rings (SSSR count). The molecule has 0 aromatic carbocycles. The molecule has 0 aliphatic heterocycles. The zero-order valence-corrected chi connectivity index (χ0v) is 24.3. The van der Waals surface area contributed by atoms with Crippen LogP contribution in [-0.4, -0.2) is 102 Å². The molecule has 0 heterocycles. The van der Waals surface area contributed by atoms with E-state index in [1.807, 2.05) is 0 Å². The molecule has 1 aliphatic carbocycles. The number of phosphoric ester groups is 5. The van der Waals surface area contributed by atoms with Gasteiger partial charge in [0.15, 0.2) is 0 Å². The zero-order valence-electron chi connectivity index (χ0n) is 18.9. The Morgan fingerprint density at radius 2 is 0.632 bits per heavy atom. The van der Waals surface area contributed by atoms with Crippen molar-refractivity contribution in [2.45, 2.75) is 36.6 Å². The summed E-state index contributed by atoms with van der Waals surface area (Å²) in [6, 6.07) is 0. The van der Waals surface area contributed by atoms with Gasteiger partial charge in [0, 0.05) is 20.9 Å². The Bertz CT molecular complexity index is 1030. The monoisotopic (exact) mass is 686 g/mol. The standard InChI is InChI=1S/C9H24O23P6/c1-25-37(21,22)31-8-5(28-34(12,13)14)4(27-33(3,10)11)6(29-35(15,16)17)9(32-38(23,24)26-2)7(8)30-36(18,19)20/h4-9H,1-3H3,(H,10,11)(H,21,22)(H,23,24)(H2,12,13,14)(H2,15,16,17)(H2,18,19,20). The fourth-order valence-electron chi connectivity index (χ4n) is 2.94. The van der Waals surface area contributed by atoms with Crippen LogP contribution < -0.4 is 0 Å². The number of phosphoric acid groups is 5. The highest BCUT2D eigenvalue weighted by molar-refractivity contribution is 7.52. The molecule has 23 nitrogen and oxygen atoms in total. The van der Waals surface area contributed by atoms with Crippen LogP contribution in [0.25, 0.3) is 0 Å². The summed E-state index contributed by atoms with van der Waals surface area (Å²) >= 11 is 0. The number of hydrogen-bond acceptors (Lipinski definition) is 14. The lowest BCUT2D eigenvalue weighted by atomic mass is 9.85. The van der Waals surface area contributed by atoms with E-state index in [1.165, 1.54) is 0 Å². The summed E-state index contributed by atoms with van der Waals surface area (Å²) in [5.41, 5.74) is 0. The summed E-state index contributed by atoms with van der Waals surface area (Å²) in [7, 11) is -32.4. The second-order valence-electron chi connectivity index (χ2n) is 7.00. The zero-order chi connectivity index (χ0) is 30.1. The molecule has 0 bridgehead atoms. The van der Waals surface area contributed by atoms with Crippen LogP contribution >= 0.6 is 46.7 Å². The van der Waals surface area contributed by atoms with Crippen LogP contribution in [0.15, 0.2) is 0 Å². The second kappa shape index (κ2) is 12.9. The van der Waals surface area contributed by atoms with Crippen LogP contribution in [0.5, 0.6) is 0 Å². The van der Waals surface area contributed by atoms with E-state index in [0.717, 1.165) is 0 Å². The molecule has 7 unspecified atom stereocenters. The van der Waals surface area contributed by atoms with Gasteiger partial charge < -0.3 is 44.0 Å². The summed E-state index contributed by atoms with van der Waals surface area (Å²) in [4.78, 5) is 85.4. The van der Waals surface area contributed by atoms with Gasteiger partial charge in [-0.25, -0.2) is 22.8 Å². The van der Waals surface area contributed by atoms with E-state index in [4.69, 9.17) is 0 Å². The highest BCUT2D eigenvalue weighted by Gasteiger charge is 2.62. The summed E-state index contributed by atoms with van der Waals surface area (Å²) in [5.74, 6) is 0. The molecule has 0 aromatic rings. The van der Waals surface area contributed by atoms with Crippen molar-refractivity contribution in [1.82, 2.24) is 0 Å². The summed E-state index contributed by atoms with van der Waals surface area (Å²) in [6.45, 7) is 0.415. The Hall–Kier alpha value is 0.700. The summed E-state index contributed by atoms with van der Waals surface area (Å²) < 4.78 is 107. The lowest BCUT2D eigenvalue weighted by Gasteiger charge is -2.48. The van der Waals surface area contributed by atoms with Crippen molar-refractivity contribution >= 4 is 46.7 Å². The number of rotatable bonds is 14. The van der Waals surface area contributed by atoms with E-state index in [0.29, 0.717) is 20.9 Å². The van der Waals surface area contributed by atoms with Crippen LogP contribution in [-0.2, 0) is 63.6 Å². The molecule has 29 heteroatoms. The predicted octanol–water partition coefficient (Wildman–Crippen LogP) is -1.10. The fourth-order valence-corrected chi connectivity index (χ4v) is 6.57. The third-order valence-electron chi connectivity index (χ3n) is 4.01. The minimum Gasteiger partial charge on any atom is -0.324 e. The molecule has 0 amide bonds. The quantitative estimate of drug-likeness (QED) is 0.0979. The van der Waals surface area contributed by atoms with Gasteiger partial charge in [0.25, 0.3) is 0 Å². The van der Waals surface area contributed by atoms with Crippen LogP contribution in [0.4, 0.5) is 0 Å². The maximum Gasteiger partial charge on any atom is 0.472 e. The first-order valence-corrected chi connectivity index (χ1v) is 18.6. The highest BCUT2D eigenvalue weighted by Crippen LogP contribution is 2.58. The first-order valence-electron chi connectivity index (χ1n) is 9.03. The largest absolute Gasteiger partial charge is 0.472 e. The Balaban J connectivity index is 4.11. The Morgan fingerprint density at radius 3 is 0.816 bits per heavy atom. The van der Waals surface area contributed by atoms with Gasteiger partial charge in [0.2, 0.25) is 0 Å². The van der Waals surface area contributed by atoms with Gasteiger partial charge in [-0.15, -0.1) is 0 Å². The van der Waals surface area contributed by atoms with Crippen LogP contribution in [0.3, 0.4) is 0 Å². The molecule has 7 atom stereocenters. The lowest BCUT2D eigenvalue weighted by Crippen LogP contribution is -2.66. The molecular weight excluding hydrogens is 662 g/mol. The molecule has 0 spiro atoms. The first kappa shape index (κ1) is 36.7. The number of hydrogen-bond donors (Lipinski definition) is 9. The molecule has 1 aliphatic rings. The molecular formula is C9H24O23P6. The van der Waals surface area contributed by atoms with Crippen molar-refractivity contribution in [1.29, 1.82) is 0 Å². The highest BCUT2D eigenvalue weighted by atomic mass is 31.2. The third-order valence-corrected chi connectivity index (χ3v) is 8.14. The van der Waals surface area contributed by atoms with Gasteiger partial charge in [0.1, 0.15) is 36.6 Å². The van der Waals surface area contributed by atoms with Crippen LogP contribution in [0.1, 0.15) is 0 Å². The minimum absolute atomic E-state index is 0.415. The smallest absolute Gasteiger partial charge is 0.324 e. The first-order chi connectivity index (χ1) is 16.7. The average molecular weight is 686 g/mol. The van der Waals surface area contributed by atoms with E-state index in [2.05, 4.69) is 36.2 Å². The van der Waals surface area contributed by atoms with Gasteiger partial charge in [-0.05, 0) is 0 Å². The molecule has 9 N–H and O–H groups in total. The minimum atomic E-state index is -5.90. The Morgan fingerprint density at radius 1 is 0.421 bits per heavy atom. The average Bonchev–Trinajstić information content (AvgIpc) is 2.66. The molecule has 0 saturated heterocycles. The molecule has 38 heavy (non-hydrogen) atoms. The predicted molar refractivity (Wildman–Crippen MR) is 115 cm³/mol. The van der Waals surface area contributed by atoms with Crippen molar-refractivity contribution in [2.24, 2.45) is 0 Å². The second-order valence-corrected chi connectivity index (χ2v) is 15.4. The van der Waals surface area contributed by atoms with E-state index < -0.39 is 83.3 Å². The van der Waals surface area contributed by atoms with Gasteiger partial charge in [-0.3, -0.25) is 40.8 Å². The van der Waals surface area contributed by atoms with Crippen LogP contribution in [0.2, 0.25) is 0 Å². The maximum atomic E-state index is 12.2. The third kappa shape index (κ3) is 12.7. The maximum absolute atomic E-state index is 12.2. The van der Waals surface area contributed by atoms with Gasteiger partial charge in [-0.2, -0.15) is 0 Å². The van der Waals surface area contributed by atoms with E-state index >= 15 is 0 Å². The summed E-state index contributed by atoms with van der Waals surface area (Å²) in [6.07, 6.45) is -17.1.